The van der Waals surface area contributed by atoms with Crippen molar-refractivity contribution in [3.05, 3.63) is 12.2 Å². The van der Waals surface area contributed by atoms with Gasteiger partial charge < -0.3 is 10.4 Å². The zero-order chi connectivity index (χ0) is 7.44. The Morgan fingerprint density at radius 2 is 2.22 bits per heavy atom. The lowest BCUT2D eigenvalue weighted by Gasteiger charge is -2.04. The molecule has 0 aliphatic rings. The Morgan fingerprint density at radius 3 is 2.33 bits per heavy atom. The molecule has 1 atom stereocenters. The lowest BCUT2D eigenvalue weighted by Crippen LogP contribution is -2.24. The fraction of sp³-hybridized carbons (Fsp3) is 0.500. The Hall–Kier alpha value is -0.830. The molecule has 52 valence electrons. The van der Waals surface area contributed by atoms with Crippen molar-refractivity contribution < 1.29 is 9.90 Å². The topological polar surface area (TPSA) is 49.3 Å². The summed E-state index contributed by atoms with van der Waals surface area (Å²) in [6.07, 6.45) is -0.759. The largest absolute Gasteiger partial charge is 0.389 e. The molecule has 0 aromatic rings. The summed E-state index contributed by atoms with van der Waals surface area (Å²) in [7, 11) is 1.50. The van der Waals surface area contributed by atoms with Gasteiger partial charge in [-0.05, 0) is 6.92 Å². The minimum Gasteiger partial charge on any atom is -0.389 e. The van der Waals surface area contributed by atoms with Crippen LogP contribution in [0.1, 0.15) is 6.92 Å². The monoisotopic (exact) mass is 129 g/mol. The summed E-state index contributed by atoms with van der Waals surface area (Å²) in [5.74, 6) is -0.315. The molecule has 0 aromatic heterocycles. The maximum atomic E-state index is 10.6. The number of carbonyl (C=O) groups excluding carboxylic acids is 1. The van der Waals surface area contributed by atoms with E-state index in [0.717, 1.165) is 0 Å². The smallest absolute Gasteiger partial charge is 0.248 e. The van der Waals surface area contributed by atoms with E-state index in [9.17, 15) is 4.79 Å². The van der Waals surface area contributed by atoms with E-state index >= 15 is 0 Å². The van der Waals surface area contributed by atoms with Gasteiger partial charge >= 0.3 is 0 Å². The van der Waals surface area contributed by atoms with E-state index < -0.39 is 6.10 Å². The van der Waals surface area contributed by atoms with E-state index in [4.69, 9.17) is 5.11 Å². The van der Waals surface area contributed by atoms with Crippen LogP contribution in [0, 0.1) is 0 Å². The van der Waals surface area contributed by atoms with Gasteiger partial charge in [0, 0.05) is 12.6 Å². The van der Waals surface area contributed by atoms with Crippen molar-refractivity contribution in [1.29, 1.82) is 0 Å². The van der Waals surface area contributed by atoms with Gasteiger partial charge in [-0.1, -0.05) is 6.58 Å². The van der Waals surface area contributed by atoms with Crippen LogP contribution in [-0.2, 0) is 4.79 Å². The Morgan fingerprint density at radius 1 is 1.78 bits per heavy atom. The number of rotatable bonds is 2. The molecular weight excluding hydrogens is 118 g/mol. The Labute approximate surface area is 54.4 Å². The van der Waals surface area contributed by atoms with Crippen LogP contribution in [0.3, 0.4) is 0 Å². The molecule has 3 nitrogen and oxygen atoms in total. The average Bonchev–Trinajstić information content (AvgIpc) is 1.84. The fourth-order valence-electron chi connectivity index (χ4n) is 0.350. The zero-order valence-corrected chi connectivity index (χ0v) is 5.64. The first-order chi connectivity index (χ1) is 4.09. The van der Waals surface area contributed by atoms with Gasteiger partial charge in [0.15, 0.2) is 0 Å². The van der Waals surface area contributed by atoms with Crippen LogP contribution in [0.25, 0.3) is 0 Å². The first kappa shape index (κ1) is 8.17. The van der Waals surface area contributed by atoms with Gasteiger partial charge in [0.05, 0.1) is 6.10 Å². The molecule has 1 amide bonds. The summed E-state index contributed by atoms with van der Waals surface area (Å²) < 4.78 is 0. The van der Waals surface area contributed by atoms with Gasteiger partial charge in [0.1, 0.15) is 0 Å². The van der Waals surface area contributed by atoms with Crippen molar-refractivity contribution in [1.82, 2.24) is 5.32 Å². The van der Waals surface area contributed by atoms with E-state index in [2.05, 4.69) is 11.9 Å². The van der Waals surface area contributed by atoms with Gasteiger partial charge in [0.2, 0.25) is 5.91 Å². The van der Waals surface area contributed by atoms with Crippen molar-refractivity contribution in [2.24, 2.45) is 0 Å². The van der Waals surface area contributed by atoms with E-state index in [0.29, 0.717) is 0 Å². The molecule has 1 unspecified atom stereocenters. The molecule has 0 aliphatic heterocycles. The summed E-state index contributed by atoms with van der Waals surface area (Å²) in [6, 6.07) is 0. The minimum atomic E-state index is -0.759. The predicted molar refractivity (Wildman–Crippen MR) is 34.9 cm³/mol. The van der Waals surface area contributed by atoms with E-state index in [1.807, 2.05) is 0 Å². The number of hydrogen-bond acceptors (Lipinski definition) is 2. The van der Waals surface area contributed by atoms with Crippen molar-refractivity contribution in [3.8, 4) is 0 Å². The SMILES string of the molecule is C=C(C(=O)NC)C(C)O. The maximum Gasteiger partial charge on any atom is 0.248 e. The Balaban J connectivity index is 3.89. The summed E-state index contributed by atoms with van der Waals surface area (Å²) >= 11 is 0. The fourth-order valence-corrected chi connectivity index (χ4v) is 0.350. The van der Waals surface area contributed by atoms with Crippen molar-refractivity contribution in [2.75, 3.05) is 7.05 Å². The van der Waals surface area contributed by atoms with Gasteiger partial charge in [0.25, 0.3) is 0 Å². The molecule has 0 aromatic carbocycles. The van der Waals surface area contributed by atoms with Gasteiger partial charge in [-0.15, -0.1) is 0 Å². The maximum absolute atomic E-state index is 10.6. The molecule has 0 fully saturated rings. The molecule has 0 bridgehead atoms. The number of aliphatic hydroxyl groups is 1. The molecule has 0 rings (SSSR count). The van der Waals surface area contributed by atoms with Gasteiger partial charge in [-0.2, -0.15) is 0 Å². The summed E-state index contributed by atoms with van der Waals surface area (Å²) in [6.45, 7) is 4.86. The second-order valence-electron chi connectivity index (χ2n) is 1.78. The van der Waals surface area contributed by atoms with Gasteiger partial charge in [-0.3, -0.25) is 4.79 Å². The highest BCUT2D eigenvalue weighted by molar-refractivity contribution is 5.93. The number of carbonyl (C=O) groups is 1. The first-order valence-corrected chi connectivity index (χ1v) is 2.68. The Kier molecular flexibility index (Phi) is 2.95. The third-order valence-corrected chi connectivity index (χ3v) is 1.02. The highest BCUT2D eigenvalue weighted by Gasteiger charge is 2.08. The number of amides is 1. The van der Waals surface area contributed by atoms with Crippen molar-refractivity contribution in [3.63, 3.8) is 0 Å². The lowest BCUT2D eigenvalue weighted by atomic mass is 10.2. The first-order valence-electron chi connectivity index (χ1n) is 2.68. The van der Waals surface area contributed by atoms with E-state index in [-0.39, 0.29) is 11.5 Å². The molecule has 0 aliphatic carbocycles. The molecule has 0 spiro atoms. The van der Waals surface area contributed by atoms with Crippen LogP contribution >= 0.6 is 0 Å². The molecule has 0 saturated carbocycles. The third kappa shape index (κ3) is 2.28. The zero-order valence-electron chi connectivity index (χ0n) is 5.64. The number of aliphatic hydroxyl groups excluding tert-OH is 1. The third-order valence-electron chi connectivity index (χ3n) is 1.02. The van der Waals surface area contributed by atoms with Crippen LogP contribution in [0.15, 0.2) is 12.2 Å². The second kappa shape index (κ2) is 3.25. The minimum absolute atomic E-state index is 0.192. The number of hydrogen-bond donors (Lipinski definition) is 2. The second-order valence-corrected chi connectivity index (χ2v) is 1.78. The van der Waals surface area contributed by atoms with Crippen LogP contribution in [0.5, 0.6) is 0 Å². The number of likely N-dealkylation sites (N-methyl/N-ethyl adjacent to an activating group) is 1. The highest BCUT2D eigenvalue weighted by Crippen LogP contribution is 1.95. The number of nitrogens with one attached hydrogen (secondary N) is 1. The summed E-state index contributed by atoms with van der Waals surface area (Å²) in [5, 5.41) is 11.1. The molecule has 9 heavy (non-hydrogen) atoms. The van der Waals surface area contributed by atoms with Gasteiger partial charge in [-0.25, -0.2) is 0 Å². The summed E-state index contributed by atoms with van der Waals surface area (Å²) in [4.78, 5) is 10.6. The highest BCUT2D eigenvalue weighted by atomic mass is 16.3. The van der Waals surface area contributed by atoms with Crippen molar-refractivity contribution in [2.45, 2.75) is 13.0 Å². The lowest BCUT2D eigenvalue weighted by molar-refractivity contribution is -0.117. The summed E-state index contributed by atoms with van der Waals surface area (Å²) in [5.41, 5.74) is 0.192. The van der Waals surface area contributed by atoms with Crippen LogP contribution in [0.2, 0.25) is 0 Å². The van der Waals surface area contributed by atoms with E-state index in [1.54, 1.807) is 0 Å². The van der Waals surface area contributed by atoms with E-state index in [1.165, 1.54) is 14.0 Å². The van der Waals surface area contributed by atoms with Crippen LogP contribution in [-0.4, -0.2) is 24.2 Å². The van der Waals surface area contributed by atoms with Crippen LogP contribution in [0.4, 0.5) is 0 Å². The predicted octanol–water partition coefficient (Wildman–Crippen LogP) is -0.331. The quantitative estimate of drug-likeness (QED) is 0.501. The Bertz CT molecular complexity index is 129. The molecule has 0 heterocycles. The van der Waals surface area contributed by atoms with Crippen LogP contribution < -0.4 is 5.32 Å². The average molecular weight is 129 g/mol. The molecular formula is C6H11NO2. The normalized spacial score (nSPS) is 12.3. The molecule has 2 N–H and O–H groups in total. The van der Waals surface area contributed by atoms with Crippen molar-refractivity contribution >= 4 is 5.91 Å². The molecule has 0 saturated heterocycles. The molecule has 3 heteroatoms. The molecule has 0 radical (unpaired) electrons. The standard InChI is InChI=1S/C6H11NO2/c1-4(5(2)8)6(9)7-3/h5,8H,1H2,2-3H3,(H,7,9).